The Kier molecular flexibility index (Phi) is 12.0. The molecule has 8 rings (SSSR count). The predicted molar refractivity (Wildman–Crippen MR) is 225 cm³/mol. The van der Waals surface area contributed by atoms with Gasteiger partial charge in [-0.15, -0.1) is 5.10 Å². The standard InChI is InChI=1S/C44H51ClN6O7S/c1-28-24-59(54,25-37(52)34-22-50(2)48-43(34)56-4)49-42(53)30-9-13-40-36(20-30)51(26-44(27-58-40)16-5-7-29-19-32(45)10-12-35(29)44)21-31-8-11-33(31)39(55-3)15-14-38(28)57-23-41-46-17-6-18-47-41/h6,9-10,12-15,17-20,22,28,31,33,38-39H,5,7-8,11,16,21,23-27H2,1-4H3/b15-14+/t28-,31+,33-,38+,39+,44+,59-/m1/s1. The Hall–Kier alpha value is -4.63. The highest BCUT2D eigenvalue weighted by Crippen LogP contribution is 2.47. The predicted octanol–water partition coefficient (Wildman–Crippen LogP) is 6.67. The van der Waals surface area contributed by atoms with Gasteiger partial charge in [-0.3, -0.25) is 14.3 Å². The van der Waals surface area contributed by atoms with E-state index in [1.54, 1.807) is 38.7 Å². The fourth-order valence-electron chi connectivity index (χ4n) is 9.31. The second kappa shape index (κ2) is 17.2. The number of Topliss-reactive ketones (excluding diaryl/α,β-unsaturated/α-hetero) is 1. The lowest BCUT2D eigenvalue weighted by Crippen LogP contribution is -2.49. The van der Waals surface area contributed by atoms with Crippen molar-refractivity contribution >= 4 is 38.7 Å². The largest absolute Gasteiger partial charge is 0.490 e. The quantitative estimate of drug-likeness (QED) is 0.139. The lowest BCUT2D eigenvalue weighted by molar-refractivity contribution is 0.00971. The van der Waals surface area contributed by atoms with Crippen molar-refractivity contribution in [1.82, 2.24) is 19.7 Å². The van der Waals surface area contributed by atoms with Gasteiger partial charge < -0.3 is 23.8 Å². The molecule has 312 valence electrons. The van der Waals surface area contributed by atoms with Crippen LogP contribution < -0.4 is 14.4 Å². The molecule has 7 atom stereocenters. The molecule has 0 saturated heterocycles. The van der Waals surface area contributed by atoms with Gasteiger partial charge in [-0.05, 0) is 97.4 Å². The van der Waals surface area contributed by atoms with E-state index in [4.69, 9.17) is 30.5 Å². The molecule has 2 aliphatic carbocycles. The molecule has 1 amide bonds. The van der Waals surface area contributed by atoms with Crippen molar-refractivity contribution in [2.24, 2.45) is 29.2 Å². The molecule has 4 aromatic rings. The number of rotatable bonds is 8. The third-order valence-electron chi connectivity index (χ3n) is 12.4. The van der Waals surface area contributed by atoms with Crippen molar-refractivity contribution in [3.05, 3.63) is 106 Å². The van der Waals surface area contributed by atoms with Crippen molar-refractivity contribution in [3.8, 4) is 11.6 Å². The molecule has 1 fully saturated rings. The van der Waals surface area contributed by atoms with Gasteiger partial charge >= 0.3 is 0 Å². The van der Waals surface area contributed by atoms with Crippen molar-refractivity contribution in [3.63, 3.8) is 0 Å². The van der Waals surface area contributed by atoms with E-state index in [-0.39, 0.29) is 46.8 Å². The molecular formula is C44H51ClN6O7S. The number of aryl methyl sites for hydroxylation is 2. The summed E-state index contributed by atoms with van der Waals surface area (Å²) in [6.45, 7) is 3.84. The monoisotopic (exact) mass is 842 g/mol. The third-order valence-corrected chi connectivity index (χ3v) is 14.9. The second-order valence-electron chi connectivity index (χ2n) is 16.4. The molecule has 1 spiro atoms. The first-order chi connectivity index (χ1) is 28.5. The minimum Gasteiger partial charge on any atom is -0.490 e. The van der Waals surface area contributed by atoms with Crippen LogP contribution in [-0.2, 0) is 44.7 Å². The molecule has 13 nitrogen and oxygen atoms in total. The van der Waals surface area contributed by atoms with E-state index in [0.717, 1.165) is 42.8 Å². The smallest absolute Gasteiger partial charge is 0.285 e. The number of carbonyl (C=O) groups excluding carboxylic acids is 2. The van der Waals surface area contributed by atoms with E-state index < -0.39 is 39.2 Å². The van der Waals surface area contributed by atoms with Gasteiger partial charge in [0.15, 0.2) is 11.6 Å². The molecular weight excluding hydrogens is 792 g/mol. The van der Waals surface area contributed by atoms with Crippen LogP contribution in [-0.4, -0.2) is 93.3 Å². The summed E-state index contributed by atoms with van der Waals surface area (Å²) < 4.78 is 45.8. The lowest BCUT2D eigenvalue weighted by atomic mass is 9.68. The number of ketones is 1. The summed E-state index contributed by atoms with van der Waals surface area (Å²) in [5.74, 6) is -0.506. The van der Waals surface area contributed by atoms with E-state index >= 15 is 4.21 Å². The molecule has 0 unspecified atom stereocenters. The average Bonchev–Trinajstić information content (AvgIpc) is 3.53. The maximum absolute atomic E-state index is 15.2. The Morgan fingerprint density at radius 1 is 1.08 bits per heavy atom. The normalized spacial score (nSPS) is 28.6. The summed E-state index contributed by atoms with van der Waals surface area (Å²) in [5.41, 5.74) is 3.39. The fourth-order valence-corrected chi connectivity index (χ4v) is 11.8. The number of benzene rings is 2. The van der Waals surface area contributed by atoms with Gasteiger partial charge in [0.05, 0.1) is 47.1 Å². The number of hydrogen-bond acceptors (Lipinski definition) is 11. The second-order valence-corrected chi connectivity index (χ2v) is 19.2. The van der Waals surface area contributed by atoms with E-state index in [9.17, 15) is 9.59 Å². The van der Waals surface area contributed by atoms with Gasteiger partial charge in [0, 0.05) is 67.6 Å². The van der Waals surface area contributed by atoms with Gasteiger partial charge in [-0.1, -0.05) is 36.7 Å². The van der Waals surface area contributed by atoms with Crippen LogP contribution in [0.2, 0.25) is 5.02 Å². The SMILES string of the molecule is COc1nn(C)cc1C(=O)C[S@@]1(=O)=NC(=O)c2ccc3c(c2)N(C[C@@H]2CC[C@H]2[C@@H](OC)/C=C/[C@H](OCc2ncccn2)[C@H](C)C1)C[C@@]1(CCCc2cc(Cl)ccc21)CO3. The zero-order valence-electron chi connectivity index (χ0n) is 33.9. The van der Waals surface area contributed by atoms with Crippen LogP contribution >= 0.6 is 11.6 Å². The summed E-state index contributed by atoms with van der Waals surface area (Å²) in [6, 6.07) is 13.3. The summed E-state index contributed by atoms with van der Waals surface area (Å²) in [5, 5.41) is 4.94. The number of amides is 1. The molecule has 2 aromatic carbocycles. The van der Waals surface area contributed by atoms with Crippen molar-refractivity contribution in [1.29, 1.82) is 0 Å². The van der Waals surface area contributed by atoms with Crippen LogP contribution in [0.3, 0.4) is 0 Å². The molecule has 2 bridgehead atoms. The van der Waals surface area contributed by atoms with Gasteiger partial charge in [0.2, 0.25) is 5.88 Å². The molecule has 15 heteroatoms. The minimum absolute atomic E-state index is 0.0935. The van der Waals surface area contributed by atoms with Gasteiger partial charge in [0.25, 0.3) is 5.91 Å². The number of hydrogen-bond donors (Lipinski definition) is 0. The average molecular weight is 843 g/mol. The third kappa shape index (κ3) is 8.68. The summed E-state index contributed by atoms with van der Waals surface area (Å²) in [6.07, 6.45) is 12.9. The number of ether oxygens (including phenoxy) is 4. The number of halogens is 1. The van der Waals surface area contributed by atoms with Gasteiger partial charge in [-0.25, -0.2) is 14.2 Å². The zero-order valence-corrected chi connectivity index (χ0v) is 35.5. The van der Waals surface area contributed by atoms with Crippen LogP contribution in [0.1, 0.15) is 70.3 Å². The van der Waals surface area contributed by atoms with Crippen LogP contribution in [0, 0.1) is 17.8 Å². The minimum atomic E-state index is -3.57. The molecule has 4 aliphatic rings. The van der Waals surface area contributed by atoms with Gasteiger partial charge in [0.1, 0.15) is 17.9 Å². The maximum Gasteiger partial charge on any atom is 0.285 e. The highest BCUT2D eigenvalue weighted by molar-refractivity contribution is 7.94. The summed E-state index contributed by atoms with van der Waals surface area (Å²) in [7, 11) is 1.25. The Morgan fingerprint density at radius 2 is 1.90 bits per heavy atom. The number of nitrogens with zero attached hydrogens (tertiary/aromatic N) is 6. The Balaban J connectivity index is 1.22. The molecule has 0 N–H and O–H groups in total. The van der Waals surface area contributed by atoms with E-state index in [2.05, 4.69) is 36.5 Å². The van der Waals surface area contributed by atoms with E-state index in [0.29, 0.717) is 37.2 Å². The molecule has 0 radical (unpaired) electrons. The Bertz CT molecular complexity index is 2360. The Morgan fingerprint density at radius 3 is 2.66 bits per heavy atom. The van der Waals surface area contributed by atoms with Crippen LogP contribution in [0.15, 0.2) is 77.6 Å². The number of carbonyl (C=O) groups is 2. The molecule has 4 heterocycles. The lowest BCUT2D eigenvalue weighted by Gasteiger charge is -2.46. The van der Waals surface area contributed by atoms with Crippen molar-refractivity contribution in [2.75, 3.05) is 50.3 Å². The zero-order chi connectivity index (χ0) is 41.3. The van der Waals surface area contributed by atoms with Crippen molar-refractivity contribution in [2.45, 2.75) is 63.3 Å². The van der Waals surface area contributed by atoms with Crippen molar-refractivity contribution < 1.29 is 32.7 Å². The highest BCUT2D eigenvalue weighted by atomic mass is 35.5. The summed E-state index contributed by atoms with van der Waals surface area (Å²) >= 11 is 6.50. The first-order valence-electron chi connectivity index (χ1n) is 20.2. The molecule has 59 heavy (non-hydrogen) atoms. The van der Waals surface area contributed by atoms with Gasteiger partial charge in [-0.2, -0.15) is 4.36 Å². The highest BCUT2D eigenvalue weighted by Gasteiger charge is 2.44. The summed E-state index contributed by atoms with van der Waals surface area (Å²) in [4.78, 5) is 39.4. The molecule has 2 aromatic heterocycles. The van der Waals surface area contributed by atoms with E-state index in [1.807, 2.05) is 37.3 Å². The van der Waals surface area contributed by atoms with Crippen LogP contribution in [0.4, 0.5) is 5.69 Å². The number of methoxy groups -OCH3 is 2. The van der Waals surface area contributed by atoms with Crippen LogP contribution in [0.25, 0.3) is 0 Å². The first-order valence-corrected chi connectivity index (χ1v) is 22.5. The number of fused-ring (bicyclic) bond motifs is 4. The van der Waals surface area contributed by atoms with E-state index in [1.165, 1.54) is 29.1 Å². The molecule has 1 saturated carbocycles. The first kappa shape index (κ1) is 41.1. The Labute approximate surface area is 350 Å². The van der Waals surface area contributed by atoms with Crippen LogP contribution in [0.5, 0.6) is 11.6 Å². The number of anilines is 1. The fraction of sp³-hybridized carbons (Fsp3) is 0.477. The maximum atomic E-state index is 15.2. The number of aromatic nitrogens is 4. The molecule has 2 aliphatic heterocycles. The topological polar surface area (TPSA) is 147 Å².